The van der Waals surface area contributed by atoms with Gasteiger partial charge in [-0.05, 0) is 58.2 Å². The van der Waals surface area contributed by atoms with Gasteiger partial charge < -0.3 is 53.2 Å². The normalized spacial score (nSPS) is 12.6. The number of esters is 8. The maximum Gasteiger partial charge on any atom is 0.355 e. The smallest absolute Gasteiger partial charge is 0.355 e. The van der Waals surface area contributed by atoms with Crippen LogP contribution in [0.2, 0.25) is 0 Å². The van der Waals surface area contributed by atoms with E-state index in [-0.39, 0.29) is 121 Å². The van der Waals surface area contributed by atoms with Crippen molar-refractivity contribution in [3.05, 3.63) is 128 Å². The number of benzene rings is 2. The monoisotopic (exact) mass is 983 g/mol. The van der Waals surface area contributed by atoms with Crippen LogP contribution in [0.3, 0.4) is 0 Å². The highest BCUT2D eigenvalue weighted by Gasteiger charge is 2.48. The number of hydrogen-bond acceptors (Lipinski definition) is 17. The summed E-state index contributed by atoms with van der Waals surface area (Å²) in [5.74, 6) is -6.67. The molecule has 0 fully saturated rings. The zero-order valence-corrected chi connectivity index (χ0v) is 40.4. The van der Waals surface area contributed by atoms with Crippen molar-refractivity contribution in [2.45, 2.75) is 89.4 Å². The first-order chi connectivity index (χ1) is 34.1. The van der Waals surface area contributed by atoms with E-state index in [1.807, 2.05) is 0 Å². The van der Waals surface area contributed by atoms with Gasteiger partial charge in [-0.3, -0.25) is 33.6 Å². The van der Waals surface area contributed by atoms with Crippen molar-refractivity contribution in [1.82, 2.24) is 15.3 Å². The summed E-state index contributed by atoms with van der Waals surface area (Å²) in [7, 11) is 7.03. The van der Waals surface area contributed by atoms with Crippen LogP contribution in [0.4, 0.5) is 0 Å². The molecule has 2 aromatic carbocycles. The van der Waals surface area contributed by atoms with Crippen molar-refractivity contribution in [3.8, 4) is 0 Å². The van der Waals surface area contributed by atoms with Gasteiger partial charge in [0.15, 0.2) is 0 Å². The van der Waals surface area contributed by atoms with Crippen LogP contribution in [0.1, 0.15) is 97.8 Å². The van der Waals surface area contributed by atoms with E-state index in [9.17, 15) is 43.2 Å². The van der Waals surface area contributed by atoms with Crippen molar-refractivity contribution in [2.24, 2.45) is 0 Å². The zero-order chi connectivity index (χ0) is 51.7. The van der Waals surface area contributed by atoms with Gasteiger partial charge in [-0.1, -0.05) is 60.7 Å². The van der Waals surface area contributed by atoms with Gasteiger partial charge in [0.25, 0.3) is 0 Å². The van der Waals surface area contributed by atoms with E-state index < -0.39 is 78.5 Å². The molecule has 0 saturated heterocycles. The molecule has 2 aromatic heterocycles. The number of nitrogens with one attached hydrogen (secondary N) is 3. The minimum atomic E-state index is -1.79. The average Bonchev–Trinajstić information content (AvgIpc) is 3.98. The lowest BCUT2D eigenvalue weighted by Gasteiger charge is -2.33. The van der Waals surface area contributed by atoms with E-state index >= 15 is 0 Å². The van der Waals surface area contributed by atoms with Crippen molar-refractivity contribution >= 4 is 53.7 Å². The predicted molar refractivity (Wildman–Crippen MR) is 248 cm³/mol. The third-order valence-electron chi connectivity index (χ3n) is 12.0. The molecule has 3 N–H and O–H groups in total. The summed E-state index contributed by atoms with van der Waals surface area (Å²) in [6.07, 6.45) is -3.50. The molecule has 3 heterocycles. The molecule has 71 heavy (non-hydrogen) atoms. The van der Waals surface area contributed by atoms with E-state index in [1.54, 1.807) is 60.7 Å². The Balaban J connectivity index is 1.80. The van der Waals surface area contributed by atoms with E-state index in [1.165, 1.54) is 21.3 Å². The first kappa shape index (κ1) is 53.9. The summed E-state index contributed by atoms with van der Waals surface area (Å²) < 4.78 is 41.5. The summed E-state index contributed by atoms with van der Waals surface area (Å²) >= 11 is 0. The first-order valence-corrected chi connectivity index (χ1v) is 22.4. The Hall–Kier alpha value is -8.03. The topological polar surface area (TPSA) is 271 Å². The fraction of sp³-hybridized carbons (Fsp3) is 0.392. The number of carbonyl (C=O) groups excluding carboxylic acids is 9. The molecule has 378 valence electrons. The fourth-order valence-electron chi connectivity index (χ4n) is 8.43. The molecule has 0 atom stereocenters. The summed E-state index contributed by atoms with van der Waals surface area (Å²) in [6, 6.07) is 17.6. The molecule has 0 spiro atoms. The zero-order valence-electron chi connectivity index (χ0n) is 40.4. The molecule has 1 amide bonds. The molecule has 5 rings (SSSR count). The molecule has 0 unspecified atom stereocenters. The minimum Gasteiger partial charge on any atom is -0.469 e. The maximum atomic E-state index is 14.5. The lowest BCUT2D eigenvalue weighted by atomic mass is 9.77. The second kappa shape index (κ2) is 25.5. The lowest BCUT2D eigenvalue weighted by molar-refractivity contribution is -0.141. The van der Waals surface area contributed by atoms with Crippen LogP contribution in [-0.2, 0) is 123 Å². The quantitative estimate of drug-likeness (QED) is 0.0621. The number of H-pyrrole nitrogens is 2. The molecule has 0 aliphatic carbocycles. The van der Waals surface area contributed by atoms with E-state index in [2.05, 4.69) is 15.3 Å². The van der Waals surface area contributed by atoms with Crippen molar-refractivity contribution in [2.75, 3.05) is 42.7 Å². The molecule has 4 aromatic rings. The Morgan fingerprint density at radius 1 is 0.465 bits per heavy atom. The number of ether oxygens (including phenoxy) is 8. The van der Waals surface area contributed by atoms with E-state index in [4.69, 9.17) is 37.9 Å². The molecule has 1 aliphatic heterocycles. The van der Waals surface area contributed by atoms with Gasteiger partial charge in [0.1, 0.15) is 24.6 Å². The predicted octanol–water partition coefficient (Wildman–Crippen LogP) is 4.17. The van der Waals surface area contributed by atoms with E-state index in [0.29, 0.717) is 11.1 Å². The van der Waals surface area contributed by atoms with Crippen LogP contribution in [0.5, 0.6) is 0 Å². The number of amides is 1. The summed E-state index contributed by atoms with van der Waals surface area (Å²) in [6.45, 7) is -0.312. The lowest BCUT2D eigenvalue weighted by Crippen LogP contribution is -2.49. The highest BCUT2D eigenvalue weighted by atomic mass is 16.6. The third-order valence-corrected chi connectivity index (χ3v) is 12.0. The summed E-state index contributed by atoms with van der Waals surface area (Å²) in [5, 5.41) is 3.03. The number of carbonyl (C=O) groups is 9. The molecular formula is C51H57N3O17. The Bertz CT molecular complexity index is 2500. The maximum absolute atomic E-state index is 14.5. The van der Waals surface area contributed by atoms with Crippen molar-refractivity contribution in [3.63, 3.8) is 0 Å². The van der Waals surface area contributed by atoms with Gasteiger partial charge in [-0.2, -0.15) is 0 Å². The highest BCUT2D eigenvalue weighted by molar-refractivity contribution is 6.00. The van der Waals surface area contributed by atoms with Crippen LogP contribution in [0.15, 0.2) is 71.8 Å². The molecule has 0 saturated carbocycles. The number of methoxy groups -OCH3 is 6. The number of aromatic amines is 2. The molecule has 20 heteroatoms. The van der Waals surface area contributed by atoms with Crippen LogP contribution in [0, 0.1) is 0 Å². The minimum absolute atomic E-state index is 0.00441. The van der Waals surface area contributed by atoms with Gasteiger partial charge in [0.2, 0.25) is 5.91 Å². The van der Waals surface area contributed by atoms with Gasteiger partial charge in [-0.25, -0.2) is 9.59 Å². The molecule has 20 nitrogen and oxygen atoms in total. The Labute approximate surface area is 409 Å². The summed E-state index contributed by atoms with van der Waals surface area (Å²) in [5.41, 5.74) is 0.420. The number of hydrogen-bond donors (Lipinski definition) is 3. The standard InChI is InChI=1S/C51H57N3O17/c1-64-40(55)20-17-32-35(23-43(58)67-4)38(52-46(32)49(62)70-28-30-13-9-7-10-14-30)26-51(37(25-45(60)69-6)34(48(61)54-51)19-22-42(57)66-3)27-39-36(24-44(59)68-5)33(18-21-41(56)65-2)47(53-39)50(63)71-29-31-15-11-8-12-16-31/h7-16,52-53H,17-29H2,1-6H3,(H,54,61). The largest absolute Gasteiger partial charge is 0.469 e. The van der Waals surface area contributed by atoms with Crippen LogP contribution in [0.25, 0.3) is 0 Å². The molecule has 0 bridgehead atoms. The van der Waals surface area contributed by atoms with Gasteiger partial charge >= 0.3 is 47.8 Å². The van der Waals surface area contributed by atoms with Crippen molar-refractivity contribution in [1.29, 1.82) is 0 Å². The van der Waals surface area contributed by atoms with E-state index in [0.717, 1.165) is 21.3 Å². The van der Waals surface area contributed by atoms with Crippen LogP contribution >= 0.6 is 0 Å². The number of rotatable bonds is 25. The van der Waals surface area contributed by atoms with Crippen LogP contribution in [-0.4, -0.2) is 112 Å². The Morgan fingerprint density at radius 3 is 1.21 bits per heavy atom. The SMILES string of the molecule is COC(=O)CCC1=C(CC(=O)OC)C(Cc2[nH]c(C(=O)OCc3ccccc3)c(CCC(=O)OC)c2CC(=O)OC)(Cc2[nH]c(C(=O)OCc3ccccc3)c(CCC(=O)OC)c2CC(=O)OC)NC1=O. The second-order valence-electron chi connectivity index (χ2n) is 16.3. The molecule has 1 aliphatic rings. The third kappa shape index (κ3) is 14.0. The average molecular weight is 984 g/mol. The second-order valence-corrected chi connectivity index (χ2v) is 16.3. The number of aromatic nitrogens is 2. The fourth-order valence-corrected chi connectivity index (χ4v) is 8.43. The first-order valence-electron chi connectivity index (χ1n) is 22.4. The summed E-state index contributed by atoms with van der Waals surface area (Å²) in [4.78, 5) is 127. The van der Waals surface area contributed by atoms with Crippen molar-refractivity contribution < 1.29 is 81.0 Å². The Morgan fingerprint density at radius 2 is 0.831 bits per heavy atom. The molecule has 0 radical (unpaired) electrons. The van der Waals surface area contributed by atoms with Gasteiger partial charge in [0.05, 0.1) is 67.5 Å². The van der Waals surface area contributed by atoms with Gasteiger partial charge in [-0.15, -0.1) is 0 Å². The van der Waals surface area contributed by atoms with Crippen LogP contribution < -0.4 is 5.32 Å². The Kier molecular flexibility index (Phi) is 19.4. The van der Waals surface area contributed by atoms with Gasteiger partial charge in [0, 0.05) is 49.1 Å². The highest BCUT2D eigenvalue weighted by Crippen LogP contribution is 2.41. The molecular weight excluding hydrogens is 927 g/mol.